The summed E-state index contributed by atoms with van der Waals surface area (Å²) in [5, 5.41) is 0. The summed E-state index contributed by atoms with van der Waals surface area (Å²) >= 11 is 0. The number of likely N-dealkylation sites (tertiary alicyclic amines) is 1. The van der Waals surface area contributed by atoms with Crippen LogP contribution in [0.15, 0.2) is 0 Å². The van der Waals surface area contributed by atoms with Crippen LogP contribution in [0, 0.1) is 5.92 Å². The largest absolute Gasteiger partial charge is 0.372 e. The molecule has 0 aromatic heterocycles. The van der Waals surface area contributed by atoms with E-state index in [-0.39, 0.29) is 0 Å². The van der Waals surface area contributed by atoms with Gasteiger partial charge in [0, 0.05) is 19.1 Å². The quantitative estimate of drug-likeness (QED) is 0.621. The van der Waals surface area contributed by atoms with Crippen molar-refractivity contribution in [2.45, 2.75) is 45.3 Å². The Labute approximate surface area is 81.3 Å². The highest BCUT2D eigenvalue weighted by Crippen LogP contribution is 2.25. The molecule has 2 saturated heterocycles. The monoisotopic (exact) mass is 183 g/mol. The lowest BCUT2D eigenvalue weighted by Crippen LogP contribution is -2.43. The van der Waals surface area contributed by atoms with Crippen LogP contribution in [0.4, 0.5) is 0 Å². The molecule has 0 spiro atoms. The number of nitrogens with zero attached hydrogens (tertiary/aromatic N) is 1. The van der Waals surface area contributed by atoms with Crippen molar-refractivity contribution < 1.29 is 4.74 Å². The maximum absolute atomic E-state index is 5.29. The first kappa shape index (κ1) is 9.47. The number of piperidine rings is 1. The molecule has 2 rings (SSSR count). The van der Waals surface area contributed by atoms with Crippen molar-refractivity contribution in [2.24, 2.45) is 5.92 Å². The van der Waals surface area contributed by atoms with Gasteiger partial charge in [-0.1, -0.05) is 13.3 Å². The molecule has 0 N–H and O–H groups in total. The third-order valence-corrected chi connectivity index (χ3v) is 3.53. The Kier molecular flexibility index (Phi) is 2.89. The van der Waals surface area contributed by atoms with E-state index in [0.29, 0.717) is 6.10 Å². The van der Waals surface area contributed by atoms with Crippen LogP contribution in [0.25, 0.3) is 0 Å². The maximum Gasteiger partial charge on any atom is 0.0936 e. The van der Waals surface area contributed by atoms with E-state index in [1.54, 1.807) is 0 Å². The van der Waals surface area contributed by atoms with Crippen LogP contribution < -0.4 is 0 Å². The van der Waals surface area contributed by atoms with Crippen molar-refractivity contribution in [3.05, 3.63) is 0 Å². The van der Waals surface area contributed by atoms with E-state index in [9.17, 15) is 0 Å². The lowest BCUT2D eigenvalue weighted by molar-refractivity contribution is 0.107. The SMILES string of the molecule is CC[C@@H]1CC[C@H](C)N(CC2CO2)C1. The van der Waals surface area contributed by atoms with Crippen molar-refractivity contribution in [1.29, 1.82) is 0 Å². The van der Waals surface area contributed by atoms with Gasteiger partial charge in [0.25, 0.3) is 0 Å². The number of rotatable bonds is 3. The van der Waals surface area contributed by atoms with Gasteiger partial charge < -0.3 is 4.74 Å². The lowest BCUT2D eigenvalue weighted by atomic mass is 9.91. The van der Waals surface area contributed by atoms with Crippen LogP contribution in [0.3, 0.4) is 0 Å². The second-order valence-corrected chi connectivity index (χ2v) is 4.61. The van der Waals surface area contributed by atoms with Gasteiger partial charge in [0.15, 0.2) is 0 Å². The molecule has 2 fully saturated rings. The normalized spacial score (nSPS) is 40.6. The number of hydrogen-bond donors (Lipinski definition) is 0. The molecule has 2 aliphatic heterocycles. The minimum atomic E-state index is 0.568. The molecule has 2 heterocycles. The van der Waals surface area contributed by atoms with E-state index in [4.69, 9.17) is 4.74 Å². The summed E-state index contributed by atoms with van der Waals surface area (Å²) in [6.07, 6.45) is 4.72. The fourth-order valence-electron chi connectivity index (χ4n) is 2.29. The van der Waals surface area contributed by atoms with Gasteiger partial charge in [-0.3, -0.25) is 4.90 Å². The van der Waals surface area contributed by atoms with Crippen molar-refractivity contribution in [1.82, 2.24) is 4.90 Å². The summed E-state index contributed by atoms with van der Waals surface area (Å²) in [5.41, 5.74) is 0. The highest BCUT2D eigenvalue weighted by Gasteiger charge is 2.31. The van der Waals surface area contributed by atoms with Crippen molar-refractivity contribution in [2.75, 3.05) is 19.7 Å². The van der Waals surface area contributed by atoms with Crippen LogP contribution in [-0.4, -0.2) is 36.7 Å². The van der Waals surface area contributed by atoms with Crippen molar-refractivity contribution >= 4 is 0 Å². The van der Waals surface area contributed by atoms with E-state index in [1.807, 2.05) is 0 Å². The molecule has 2 heteroatoms. The van der Waals surface area contributed by atoms with Crippen molar-refractivity contribution in [3.63, 3.8) is 0 Å². The zero-order chi connectivity index (χ0) is 9.26. The third-order valence-electron chi connectivity index (χ3n) is 3.53. The average molecular weight is 183 g/mol. The summed E-state index contributed by atoms with van der Waals surface area (Å²) in [4.78, 5) is 2.62. The molecule has 2 nitrogen and oxygen atoms in total. The molecule has 0 aromatic carbocycles. The molecule has 0 amide bonds. The fraction of sp³-hybridized carbons (Fsp3) is 1.00. The predicted molar refractivity (Wildman–Crippen MR) is 53.8 cm³/mol. The Balaban J connectivity index is 1.82. The Bertz CT molecular complexity index is 167. The Morgan fingerprint density at radius 2 is 2.15 bits per heavy atom. The van der Waals surface area contributed by atoms with Gasteiger partial charge in [-0.2, -0.15) is 0 Å². The summed E-state index contributed by atoms with van der Waals surface area (Å²) in [6, 6.07) is 0.784. The van der Waals surface area contributed by atoms with Crippen LogP contribution in [0.5, 0.6) is 0 Å². The van der Waals surface area contributed by atoms with E-state index in [2.05, 4.69) is 18.7 Å². The van der Waals surface area contributed by atoms with Gasteiger partial charge >= 0.3 is 0 Å². The van der Waals surface area contributed by atoms with Gasteiger partial charge in [0.2, 0.25) is 0 Å². The topological polar surface area (TPSA) is 15.8 Å². The third kappa shape index (κ3) is 2.44. The molecule has 0 radical (unpaired) electrons. The van der Waals surface area contributed by atoms with Gasteiger partial charge in [0.05, 0.1) is 12.7 Å². The second kappa shape index (κ2) is 3.97. The molecule has 0 bridgehead atoms. The van der Waals surface area contributed by atoms with Gasteiger partial charge in [0.1, 0.15) is 0 Å². The summed E-state index contributed by atoms with van der Waals surface area (Å²) in [6.45, 7) is 8.15. The van der Waals surface area contributed by atoms with Crippen LogP contribution in [0.1, 0.15) is 33.1 Å². The highest BCUT2D eigenvalue weighted by molar-refractivity contribution is 4.83. The van der Waals surface area contributed by atoms with E-state index >= 15 is 0 Å². The minimum absolute atomic E-state index is 0.568. The standard InChI is InChI=1S/C11H21NO/c1-3-10-5-4-9(2)12(6-10)7-11-8-13-11/h9-11H,3-8H2,1-2H3/t9-,10+,11?/m0/s1. The molecule has 0 saturated carbocycles. The predicted octanol–water partition coefficient (Wildman–Crippen LogP) is 1.90. The van der Waals surface area contributed by atoms with Crippen molar-refractivity contribution in [3.8, 4) is 0 Å². The molecule has 13 heavy (non-hydrogen) atoms. The van der Waals surface area contributed by atoms with E-state index < -0.39 is 0 Å². The maximum atomic E-state index is 5.29. The van der Waals surface area contributed by atoms with Gasteiger partial charge in [-0.25, -0.2) is 0 Å². The van der Waals surface area contributed by atoms with Gasteiger partial charge in [-0.05, 0) is 25.7 Å². The average Bonchev–Trinajstić information content (AvgIpc) is 2.93. The molecule has 0 aliphatic carbocycles. The number of ether oxygens (including phenoxy) is 1. The first-order valence-corrected chi connectivity index (χ1v) is 5.65. The Hall–Kier alpha value is -0.0800. The molecule has 1 unspecified atom stereocenters. The molecular formula is C11H21NO. The first-order chi connectivity index (χ1) is 6.29. The Morgan fingerprint density at radius 3 is 2.77 bits per heavy atom. The first-order valence-electron chi connectivity index (χ1n) is 5.65. The Morgan fingerprint density at radius 1 is 1.38 bits per heavy atom. The number of epoxide rings is 1. The zero-order valence-electron chi connectivity index (χ0n) is 8.83. The molecule has 3 atom stereocenters. The molecule has 2 aliphatic rings. The van der Waals surface area contributed by atoms with E-state index in [0.717, 1.165) is 18.6 Å². The summed E-state index contributed by atoms with van der Waals surface area (Å²) < 4.78 is 5.29. The zero-order valence-corrected chi connectivity index (χ0v) is 8.83. The van der Waals surface area contributed by atoms with E-state index in [1.165, 1.54) is 32.4 Å². The molecule has 0 aromatic rings. The van der Waals surface area contributed by atoms with Crippen LogP contribution in [-0.2, 0) is 4.74 Å². The highest BCUT2D eigenvalue weighted by atomic mass is 16.6. The van der Waals surface area contributed by atoms with Crippen LogP contribution in [0.2, 0.25) is 0 Å². The molecular weight excluding hydrogens is 162 g/mol. The lowest BCUT2D eigenvalue weighted by Gasteiger charge is -2.37. The molecule has 76 valence electrons. The van der Waals surface area contributed by atoms with Gasteiger partial charge in [-0.15, -0.1) is 0 Å². The van der Waals surface area contributed by atoms with Crippen LogP contribution >= 0.6 is 0 Å². The number of hydrogen-bond acceptors (Lipinski definition) is 2. The summed E-state index contributed by atoms with van der Waals surface area (Å²) in [5.74, 6) is 0.940. The summed E-state index contributed by atoms with van der Waals surface area (Å²) in [7, 11) is 0. The smallest absolute Gasteiger partial charge is 0.0936 e. The fourth-order valence-corrected chi connectivity index (χ4v) is 2.29. The second-order valence-electron chi connectivity index (χ2n) is 4.61. The minimum Gasteiger partial charge on any atom is -0.372 e.